The van der Waals surface area contributed by atoms with Crippen LogP contribution in [-0.4, -0.2) is 58.3 Å². The van der Waals surface area contributed by atoms with Crippen molar-refractivity contribution in [1.82, 2.24) is 14.8 Å². The van der Waals surface area contributed by atoms with Crippen molar-refractivity contribution in [3.63, 3.8) is 0 Å². The molecule has 1 spiro atoms. The van der Waals surface area contributed by atoms with Gasteiger partial charge in [-0.3, -0.25) is 29.1 Å². The second-order valence-corrected chi connectivity index (χ2v) is 11.4. The van der Waals surface area contributed by atoms with Crippen molar-refractivity contribution in [2.75, 3.05) is 18.9 Å². The smallest absolute Gasteiger partial charge is 0.302 e. The van der Waals surface area contributed by atoms with E-state index < -0.39 is 17.6 Å². The minimum absolute atomic E-state index is 0.0978. The van der Waals surface area contributed by atoms with Gasteiger partial charge in [-0.25, -0.2) is 6.57 Å². The fraction of sp³-hybridized carbons (Fsp3) is 0.345. The van der Waals surface area contributed by atoms with Crippen molar-refractivity contribution in [1.29, 1.82) is 0 Å². The highest BCUT2D eigenvalue weighted by molar-refractivity contribution is 9.10. The number of rotatable bonds is 5. The van der Waals surface area contributed by atoms with E-state index in [2.05, 4.69) is 31.1 Å². The number of hydrogen-bond acceptors (Lipinski definition) is 4. The molecular weight excluding hydrogens is 546 g/mol. The summed E-state index contributed by atoms with van der Waals surface area (Å²) in [5.74, 6) is -0.784. The first-order chi connectivity index (χ1) is 18.1. The Bertz CT molecular complexity index is 1500. The van der Waals surface area contributed by atoms with Gasteiger partial charge in [-0.05, 0) is 47.6 Å². The largest absolute Gasteiger partial charge is 0.328 e. The number of nitrogens with one attached hydrogen (secondary N) is 1. The summed E-state index contributed by atoms with van der Waals surface area (Å²) in [4.78, 5) is 51.9. The molecule has 0 radical (unpaired) electrons. The maximum absolute atomic E-state index is 14.1. The van der Waals surface area contributed by atoms with Gasteiger partial charge in [-0.15, -0.1) is 0 Å². The summed E-state index contributed by atoms with van der Waals surface area (Å²) in [6.45, 7) is 11.9. The fourth-order valence-corrected chi connectivity index (χ4v) is 5.95. The van der Waals surface area contributed by atoms with E-state index in [1.807, 2.05) is 56.3 Å². The summed E-state index contributed by atoms with van der Waals surface area (Å²) >= 11 is 3.46. The molecule has 1 aromatic heterocycles. The van der Waals surface area contributed by atoms with Gasteiger partial charge < -0.3 is 10.2 Å². The number of amides is 3. The SMILES string of the molecule is [C-]#[N+][C@@H]1C[C@@]2(CN1C(=O)[C@H](CC(C)C)N(C)C(=O)c1cc3cc(Br)ccc3cn1)C(=O)Nc1ccccc12. The molecule has 3 atom stereocenters. The predicted molar refractivity (Wildman–Crippen MR) is 148 cm³/mol. The molecule has 0 saturated carbocycles. The number of likely N-dealkylation sites (N-methyl/N-ethyl adjacent to an activating group) is 1. The number of likely N-dealkylation sites (tertiary alicyclic amines) is 1. The number of benzene rings is 2. The Morgan fingerprint density at radius 2 is 2.00 bits per heavy atom. The molecule has 1 N–H and O–H groups in total. The molecular formula is C29H28BrN5O3. The second kappa shape index (κ2) is 9.84. The Hall–Kier alpha value is -3.77. The number of halogens is 1. The van der Waals surface area contributed by atoms with Crippen LogP contribution in [0, 0.1) is 12.5 Å². The third-order valence-electron chi connectivity index (χ3n) is 7.56. The van der Waals surface area contributed by atoms with Crippen LogP contribution in [0.5, 0.6) is 0 Å². The van der Waals surface area contributed by atoms with Crippen molar-refractivity contribution < 1.29 is 14.4 Å². The van der Waals surface area contributed by atoms with Crippen LogP contribution in [0.3, 0.4) is 0 Å². The number of para-hydroxylation sites is 1. The van der Waals surface area contributed by atoms with Crippen LogP contribution in [0.2, 0.25) is 0 Å². The lowest BCUT2D eigenvalue weighted by Crippen LogP contribution is -2.51. The van der Waals surface area contributed by atoms with Crippen molar-refractivity contribution in [3.05, 3.63) is 81.9 Å². The van der Waals surface area contributed by atoms with E-state index in [1.165, 1.54) is 9.80 Å². The highest BCUT2D eigenvalue weighted by atomic mass is 79.9. The minimum Gasteiger partial charge on any atom is -0.328 e. The maximum Gasteiger partial charge on any atom is 0.302 e. The normalized spacial score (nSPS) is 20.9. The van der Waals surface area contributed by atoms with Gasteiger partial charge in [-0.1, -0.05) is 54.0 Å². The number of fused-ring (bicyclic) bond motifs is 3. The molecule has 3 aromatic rings. The standard InChI is InChI=1S/C29H28BrN5O3/c1-17(2)11-24(34(4)26(36)23-13-19-12-20(30)10-9-18(19)15-32-23)27(37)35-16-29(14-25(35)31-3)21-7-5-6-8-22(21)33-28(29)38/h5-10,12-13,15,17,24-25H,11,14,16H2,1-2,4H3,(H,33,38)/t24-,25-,29-/m0/s1. The van der Waals surface area contributed by atoms with E-state index in [1.54, 1.807) is 19.3 Å². The zero-order valence-corrected chi connectivity index (χ0v) is 23.0. The summed E-state index contributed by atoms with van der Waals surface area (Å²) in [7, 11) is 1.61. The summed E-state index contributed by atoms with van der Waals surface area (Å²) in [5.41, 5.74) is 0.795. The number of hydrogen-bond donors (Lipinski definition) is 1. The van der Waals surface area contributed by atoms with Crippen molar-refractivity contribution in [3.8, 4) is 0 Å². The van der Waals surface area contributed by atoms with Crippen LogP contribution in [-0.2, 0) is 15.0 Å². The molecule has 1 saturated heterocycles. The molecule has 5 rings (SSSR count). The molecule has 3 heterocycles. The number of carbonyl (C=O) groups is 3. The topological polar surface area (TPSA) is 87.0 Å². The van der Waals surface area contributed by atoms with Gasteiger partial charge in [0, 0.05) is 35.3 Å². The Kier molecular flexibility index (Phi) is 6.70. The zero-order valence-electron chi connectivity index (χ0n) is 21.4. The molecule has 2 aliphatic rings. The molecule has 38 heavy (non-hydrogen) atoms. The lowest BCUT2D eigenvalue weighted by molar-refractivity contribution is -0.136. The van der Waals surface area contributed by atoms with Gasteiger partial charge >= 0.3 is 6.17 Å². The van der Waals surface area contributed by atoms with Crippen LogP contribution in [0.1, 0.15) is 42.7 Å². The molecule has 0 unspecified atom stereocenters. The zero-order chi connectivity index (χ0) is 27.2. The van der Waals surface area contributed by atoms with Gasteiger partial charge in [0.25, 0.3) is 11.8 Å². The van der Waals surface area contributed by atoms with Crippen LogP contribution in [0.15, 0.2) is 59.2 Å². The number of aromatic nitrogens is 1. The van der Waals surface area contributed by atoms with E-state index in [4.69, 9.17) is 6.57 Å². The van der Waals surface area contributed by atoms with E-state index in [0.717, 1.165) is 26.5 Å². The Labute approximate surface area is 230 Å². The number of carbonyl (C=O) groups excluding carboxylic acids is 3. The first-order valence-corrected chi connectivity index (χ1v) is 13.3. The summed E-state index contributed by atoms with van der Waals surface area (Å²) in [5, 5.41) is 4.68. The first kappa shape index (κ1) is 25.9. The van der Waals surface area contributed by atoms with Crippen molar-refractivity contribution in [2.24, 2.45) is 5.92 Å². The van der Waals surface area contributed by atoms with Crippen molar-refractivity contribution in [2.45, 2.75) is 44.3 Å². The number of nitrogens with zero attached hydrogens (tertiary/aromatic N) is 4. The molecule has 0 aliphatic carbocycles. The second-order valence-electron chi connectivity index (χ2n) is 10.5. The molecule has 3 amide bonds. The first-order valence-electron chi connectivity index (χ1n) is 12.5. The van der Waals surface area contributed by atoms with Gasteiger partial charge in [0.15, 0.2) is 0 Å². The lowest BCUT2D eigenvalue weighted by atomic mass is 9.80. The maximum atomic E-state index is 14.1. The highest BCUT2D eigenvalue weighted by Crippen LogP contribution is 2.47. The Morgan fingerprint density at radius 3 is 2.74 bits per heavy atom. The molecule has 0 bridgehead atoms. The highest BCUT2D eigenvalue weighted by Gasteiger charge is 2.59. The van der Waals surface area contributed by atoms with Gasteiger partial charge in [-0.2, -0.15) is 0 Å². The third kappa shape index (κ3) is 4.33. The van der Waals surface area contributed by atoms with Gasteiger partial charge in [0.05, 0.1) is 6.42 Å². The van der Waals surface area contributed by atoms with Crippen LogP contribution >= 0.6 is 15.9 Å². The van der Waals surface area contributed by atoms with Crippen molar-refractivity contribution >= 4 is 50.1 Å². The number of anilines is 1. The van der Waals surface area contributed by atoms with Crippen LogP contribution in [0.25, 0.3) is 15.6 Å². The molecule has 8 nitrogen and oxygen atoms in total. The average Bonchev–Trinajstić information content (AvgIpc) is 3.43. The average molecular weight is 574 g/mol. The molecule has 1 fully saturated rings. The predicted octanol–water partition coefficient (Wildman–Crippen LogP) is 4.85. The quantitative estimate of drug-likeness (QED) is 0.442. The van der Waals surface area contributed by atoms with E-state index in [9.17, 15) is 14.4 Å². The molecule has 9 heteroatoms. The third-order valence-corrected chi connectivity index (χ3v) is 8.05. The van der Waals surface area contributed by atoms with Crippen LogP contribution < -0.4 is 5.32 Å². The summed E-state index contributed by atoms with van der Waals surface area (Å²) in [6.07, 6.45) is 1.49. The lowest BCUT2D eigenvalue weighted by Gasteiger charge is -2.32. The van der Waals surface area contributed by atoms with E-state index in [-0.39, 0.29) is 42.3 Å². The van der Waals surface area contributed by atoms with Crippen LogP contribution in [0.4, 0.5) is 5.69 Å². The number of pyridine rings is 1. The van der Waals surface area contributed by atoms with Gasteiger partial charge in [0.1, 0.15) is 17.2 Å². The molecule has 2 aromatic carbocycles. The minimum atomic E-state index is -0.973. The van der Waals surface area contributed by atoms with Gasteiger partial charge in [0.2, 0.25) is 5.91 Å². The fourth-order valence-electron chi connectivity index (χ4n) is 5.57. The monoisotopic (exact) mass is 573 g/mol. The Morgan fingerprint density at radius 1 is 1.24 bits per heavy atom. The summed E-state index contributed by atoms with van der Waals surface area (Å²) in [6, 6.07) is 14.1. The Balaban J connectivity index is 1.46. The molecule has 2 aliphatic heterocycles. The molecule has 194 valence electrons. The van der Waals surface area contributed by atoms with E-state index >= 15 is 0 Å². The summed E-state index contributed by atoms with van der Waals surface area (Å²) < 4.78 is 0.890. The van der Waals surface area contributed by atoms with E-state index in [0.29, 0.717) is 6.42 Å².